The number of phenolic OH excluding ortho intramolecular Hbond substituents is 1. The second-order valence-electron chi connectivity index (χ2n) is 4.17. The number of halogens is 2. The maximum absolute atomic E-state index is 10.1. The van der Waals surface area contributed by atoms with Crippen molar-refractivity contribution in [3.05, 3.63) is 51.5 Å². The van der Waals surface area contributed by atoms with Gasteiger partial charge in [0, 0.05) is 16.6 Å². The molecule has 5 heteroatoms. The lowest BCUT2D eigenvalue weighted by Gasteiger charge is -2.12. The molecule has 2 aromatic rings. The predicted molar refractivity (Wildman–Crippen MR) is 85.8 cm³/mol. The fourth-order valence-corrected chi connectivity index (χ4v) is 2.55. The van der Waals surface area contributed by atoms with Gasteiger partial charge in [0.15, 0.2) is 11.5 Å². The summed E-state index contributed by atoms with van der Waals surface area (Å²) in [5.41, 5.74) is 1.58. The molecule has 20 heavy (non-hydrogen) atoms. The summed E-state index contributed by atoms with van der Waals surface area (Å²) in [6.45, 7) is 2.86. The smallest absolute Gasteiger partial charge is 0.162 e. The van der Waals surface area contributed by atoms with Crippen LogP contribution in [-0.4, -0.2) is 11.7 Å². The van der Waals surface area contributed by atoms with Gasteiger partial charge in [0.1, 0.15) is 0 Å². The predicted octanol–water partition coefficient (Wildman–Crippen LogP) is 4.82. The lowest BCUT2D eigenvalue weighted by Crippen LogP contribution is -2.01. The SMILES string of the molecule is CCOc1cccc(CNc2ccc(Br)cc2Cl)c1O. The standard InChI is InChI=1S/C15H15BrClNO2/c1-2-20-14-5-3-4-10(15(14)19)9-18-13-7-6-11(16)8-12(13)17/h3-8,18-19H,2,9H2,1H3. The van der Waals surface area contributed by atoms with E-state index in [1.807, 2.05) is 37.3 Å². The van der Waals surface area contributed by atoms with Crippen LogP contribution in [0.3, 0.4) is 0 Å². The van der Waals surface area contributed by atoms with Crippen LogP contribution in [0.15, 0.2) is 40.9 Å². The van der Waals surface area contributed by atoms with Gasteiger partial charge in [-0.3, -0.25) is 0 Å². The number of para-hydroxylation sites is 1. The lowest BCUT2D eigenvalue weighted by atomic mass is 10.2. The highest BCUT2D eigenvalue weighted by Gasteiger charge is 2.08. The Morgan fingerprint density at radius 2 is 2.10 bits per heavy atom. The Kier molecular flexibility index (Phi) is 5.15. The number of phenols is 1. The molecule has 0 amide bonds. The molecule has 0 aliphatic carbocycles. The molecule has 106 valence electrons. The van der Waals surface area contributed by atoms with Crippen LogP contribution in [-0.2, 0) is 6.54 Å². The van der Waals surface area contributed by atoms with Gasteiger partial charge in [-0.25, -0.2) is 0 Å². The Morgan fingerprint density at radius 3 is 2.80 bits per heavy atom. The first-order valence-electron chi connectivity index (χ1n) is 6.24. The van der Waals surface area contributed by atoms with Crippen LogP contribution in [0.1, 0.15) is 12.5 Å². The van der Waals surface area contributed by atoms with Gasteiger partial charge in [-0.2, -0.15) is 0 Å². The summed E-state index contributed by atoms with van der Waals surface area (Å²) in [5.74, 6) is 0.656. The van der Waals surface area contributed by atoms with E-state index < -0.39 is 0 Å². The first-order chi connectivity index (χ1) is 9.61. The van der Waals surface area contributed by atoms with Gasteiger partial charge in [-0.05, 0) is 31.2 Å². The Hall–Kier alpha value is -1.39. The zero-order chi connectivity index (χ0) is 14.5. The zero-order valence-corrected chi connectivity index (χ0v) is 13.3. The summed E-state index contributed by atoms with van der Waals surface area (Å²) in [6, 6.07) is 11.1. The van der Waals surface area contributed by atoms with Crippen molar-refractivity contribution >= 4 is 33.2 Å². The molecule has 0 aliphatic rings. The molecule has 0 fully saturated rings. The van der Waals surface area contributed by atoms with Gasteiger partial charge in [0.25, 0.3) is 0 Å². The maximum atomic E-state index is 10.1. The molecular weight excluding hydrogens is 342 g/mol. The highest BCUT2D eigenvalue weighted by atomic mass is 79.9. The van der Waals surface area contributed by atoms with Gasteiger partial charge in [-0.15, -0.1) is 0 Å². The molecule has 0 atom stereocenters. The molecule has 0 saturated carbocycles. The number of hydrogen-bond acceptors (Lipinski definition) is 3. The summed E-state index contributed by atoms with van der Waals surface area (Å²) in [7, 11) is 0. The second-order valence-corrected chi connectivity index (χ2v) is 5.50. The van der Waals surface area contributed by atoms with E-state index in [4.69, 9.17) is 16.3 Å². The fourth-order valence-electron chi connectivity index (χ4n) is 1.81. The Balaban J connectivity index is 2.12. The third-order valence-corrected chi connectivity index (χ3v) is 3.59. The number of rotatable bonds is 5. The van der Waals surface area contributed by atoms with Gasteiger partial charge < -0.3 is 15.2 Å². The highest BCUT2D eigenvalue weighted by Crippen LogP contribution is 2.31. The van der Waals surface area contributed by atoms with E-state index >= 15 is 0 Å². The van der Waals surface area contributed by atoms with Crippen LogP contribution in [0, 0.1) is 0 Å². The minimum atomic E-state index is 0.162. The summed E-state index contributed by atoms with van der Waals surface area (Å²) in [6.07, 6.45) is 0. The van der Waals surface area contributed by atoms with E-state index in [9.17, 15) is 5.11 Å². The summed E-state index contributed by atoms with van der Waals surface area (Å²) in [4.78, 5) is 0. The van der Waals surface area contributed by atoms with Crippen LogP contribution in [0.5, 0.6) is 11.5 Å². The Bertz CT molecular complexity index is 604. The molecule has 3 nitrogen and oxygen atoms in total. The quantitative estimate of drug-likeness (QED) is 0.807. The van der Waals surface area contributed by atoms with Gasteiger partial charge in [0.05, 0.1) is 17.3 Å². The largest absolute Gasteiger partial charge is 0.504 e. The summed E-state index contributed by atoms with van der Waals surface area (Å²) in [5, 5.41) is 13.9. The molecule has 2 rings (SSSR count). The zero-order valence-electron chi connectivity index (χ0n) is 11.0. The average molecular weight is 357 g/mol. The van der Waals surface area contributed by atoms with E-state index in [2.05, 4.69) is 21.2 Å². The molecule has 0 bridgehead atoms. The number of nitrogens with one attached hydrogen (secondary N) is 1. The maximum Gasteiger partial charge on any atom is 0.162 e. The van der Waals surface area contributed by atoms with Crippen molar-refractivity contribution in [1.29, 1.82) is 0 Å². The third-order valence-electron chi connectivity index (χ3n) is 2.78. The van der Waals surface area contributed by atoms with Gasteiger partial charge in [0.2, 0.25) is 0 Å². The Labute approximate surface area is 131 Å². The fraction of sp³-hybridized carbons (Fsp3) is 0.200. The highest BCUT2D eigenvalue weighted by molar-refractivity contribution is 9.10. The van der Waals surface area contributed by atoms with Crippen molar-refractivity contribution in [1.82, 2.24) is 0 Å². The van der Waals surface area contributed by atoms with Crippen molar-refractivity contribution in [2.75, 3.05) is 11.9 Å². The average Bonchev–Trinajstić information content (AvgIpc) is 2.42. The molecule has 0 radical (unpaired) electrons. The third kappa shape index (κ3) is 3.58. The van der Waals surface area contributed by atoms with Crippen molar-refractivity contribution in [2.24, 2.45) is 0 Å². The minimum Gasteiger partial charge on any atom is -0.504 e. The number of ether oxygens (including phenoxy) is 1. The first-order valence-corrected chi connectivity index (χ1v) is 7.41. The summed E-state index contributed by atoms with van der Waals surface area (Å²) >= 11 is 9.50. The second kappa shape index (κ2) is 6.86. The molecule has 0 heterocycles. The molecule has 0 saturated heterocycles. The van der Waals surface area contributed by atoms with Crippen LogP contribution < -0.4 is 10.1 Å². The molecule has 0 spiro atoms. The van der Waals surface area contributed by atoms with Crippen molar-refractivity contribution < 1.29 is 9.84 Å². The molecule has 0 unspecified atom stereocenters. The van der Waals surface area contributed by atoms with Gasteiger partial charge >= 0.3 is 0 Å². The van der Waals surface area contributed by atoms with Crippen LogP contribution >= 0.6 is 27.5 Å². The normalized spacial score (nSPS) is 10.3. The molecule has 2 N–H and O–H groups in total. The summed E-state index contributed by atoms with van der Waals surface area (Å²) < 4.78 is 6.28. The molecule has 2 aromatic carbocycles. The van der Waals surface area contributed by atoms with Crippen LogP contribution in [0.4, 0.5) is 5.69 Å². The lowest BCUT2D eigenvalue weighted by molar-refractivity contribution is 0.317. The van der Waals surface area contributed by atoms with Crippen LogP contribution in [0.25, 0.3) is 0 Å². The van der Waals surface area contributed by atoms with E-state index in [1.54, 1.807) is 6.07 Å². The monoisotopic (exact) mass is 355 g/mol. The van der Waals surface area contributed by atoms with Crippen LogP contribution in [0.2, 0.25) is 5.02 Å². The molecule has 0 aromatic heterocycles. The first kappa shape index (κ1) is 15.0. The van der Waals surface area contributed by atoms with E-state index in [0.29, 0.717) is 23.9 Å². The minimum absolute atomic E-state index is 0.162. The number of hydrogen-bond donors (Lipinski definition) is 2. The Morgan fingerprint density at radius 1 is 1.30 bits per heavy atom. The van der Waals surface area contributed by atoms with E-state index in [1.165, 1.54) is 0 Å². The molecular formula is C15H15BrClNO2. The number of anilines is 1. The molecule has 0 aliphatic heterocycles. The van der Waals surface area contributed by atoms with E-state index in [-0.39, 0.29) is 5.75 Å². The topological polar surface area (TPSA) is 41.5 Å². The van der Waals surface area contributed by atoms with Crippen molar-refractivity contribution in [3.63, 3.8) is 0 Å². The van der Waals surface area contributed by atoms with E-state index in [0.717, 1.165) is 15.7 Å². The number of aromatic hydroxyl groups is 1. The van der Waals surface area contributed by atoms with Crippen molar-refractivity contribution in [2.45, 2.75) is 13.5 Å². The van der Waals surface area contributed by atoms with Gasteiger partial charge in [-0.1, -0.05) is 39.7 Å². The van der Waals surface area contributed by atoms with Crippen molar-refractivity contribution in [3.8, 4) is 11.5 Å². The number of benzene rings is 2.